The fraction of sp³-hybridized carbons (Fsp3) is 0.381. The van der Waals surface area contributed by atoms with Crippen LogP contribution in [0, 0.1) is 0 Å². The lowest BCUT2D eigenvalue weighted by atomic mass is 10.1. The van der Waals surface area contributed by atoms with E-state index in [-0.39, 0.29) is 0 Å². The van der Waals surface area contributed by atoms with E-state index in [4.69, 9.17) is 30.5 Å². The van der Waals surface area contributed by atoms with E-state index in [0.717, 1.165) is 17.3 Å². The Bertz CT molecular complexity index is 812. The van der Waals surface area contributed by atoms with E-state index in [1.807, 2.05) is 36.2 Å². The Balaban J connectivity index is 1.95. The van der Waals surface area contributed by atoms with Crippen LogP contribution in [-0.4, -0.2) is 59.4 Å². The lowest BCUT2D eigenvalue weighted by Gasteiger charge is -2.23. The smallest absolute Gasteiger partial charge is 0.203 e. The number of ether oxygens (including phenoxy) is 4. The van der Waals surface area contributed by atoms with E-state index in [1.165, 1.54) is 0 Å². The fourth-order valence-electron chi connectivity index (χ4n) is 2.80. The molecule has 1 N–H and O–H groups in total. The Morgan fingerprint density at radius 3 is 2.28 bits per heavy atom. The summed E-state index contributed by atoms with van der Waals surface area (Å²) < 4.78 is 22.0. The van der Waals surface area contributed by atoms with Gasteiger partial charge in [-0.05, 0) is 36.4 Å². The molecule has 7 nitrogen and oxygen atoms in total. The third kappa shape index (κ3) is 6.09. The summed E-state index contributed by atoms with van der Waals surface area (Å²) in [4.78, 5) is 6.32. The number of halogens is 1. The first-order valence-electron chi connectivity index (χ1n) is 9.12. The molecule has 0 aliphatic heterocycles. The molecule has 0 aromatic heterocycles. The summed E-state index contributed by atoms with van der Waals surface area (Å²) in [6.45, 7) is 1.68. The molecule has 2 aromatic carbocycles. The van der Waals surface area contributed by atoms with Crippen molar-refractivity contribution in [2.24, 2.45) is 4.99 Å². The number of nitrogens with zero attached hydrogens (tertiary/aromatic N) is 2. The van der Waals surface area contributed by atoms with Crippen molar-refractivity contribution in [1.82, 2.24) is 10.2 Å². The number of benzene rings is 2. The number of rotatable bonds is 9. The van der Waals surface area contributed by atoms with Gasteiger partial charge in [0.2, 0.25) is 5.75 Å². The van der Waals surface area contributed by atoms with Crippen molar-refractivity contribution in [2.75, 3.05) is 48.6 Å². The lowest BCUT2D eigenvalue weighted by molar-refractivity contribution is 0.281. The maximum absolute atomic E-state index is 5.89. The molecule has 2 rings (SSSR count). The average molecular weight is 422 g/mol. The Kier molecular flexibility index (Phi) is 8.73. The number of nitrogens with one attached hydrogen (secondary N) is 1. The third-order valence-electron chi connectivity index (χ3n) is 4.31. The van der Waals surface area contributed by atoms with Crippen molar-refractivity contribution in [2.45, 2.75) is 6.54 Å². The Morgan fingerprint density at radius 1 is 1.00 bits per heavy atom. The monoisotopic (exact) mass is 421 g/mol. The summed E-state index contributed by atoms with van der Waals surface area (Å²) in [6, 6.07) is 11.1. The Labute approximate surface area is 177 Å². The second kappa shape index (κ2) is 11.3. The van der Waals surface area contributed by atoms with E-state index in [9.17, 15) is 0 Å². The molecular weight excluding hydrogens is 394 g/mol. The number of likely N-dealkylation sites (N-methyl/N-ethyl adjacent to an activating group) is 1. The minimum absolute atomic E-state index is 0.512. The fourth-order valence-corrected chi connectivity index (χ4v) is 2.92. The van der Waals surface area contributed by atoms with Crippen molar-refractivity contribution in [1.29, 1.82) is 0 Å². The summed E-state index contributed by atoms with van der Waals surface area (Å²) in [5, 5.41) is 4.02. The van der Waals surface area contributed by atoms with Gasteiger partial charge in [0.15, 0.2) is 17.5 Å². The minimum Gasteiger partial charge on any atom is -0.493 e. The summed E-state index contributed by atoms with van der Waals surface area (Å²) in [5.74, 6) is 3.33. The molecule has 0 fully saturated rings. The van der Waals surface area contributed by atoms with Gasteiger partial charge in [0.1, 0.15) is 12.4 Å². The zero-order valence-electron chi connectivity index (χ0n) is 17.5. The molecular formula is C21H28ClN3O4. The highest BCUT2D eigenvalue weighted by Crippen LogP contribution is 2.39. The highest BCUT2D eigenvalue weighted by atomic mass is 35.5. The summed E-state index contributed by atoms with van der Waals surface area (Å²) >= 11 is 5.89. The van der Waals surface area contributed by atoms with Crippen LogP contribution in [0.25, 0.3) is 0 Å². The van der Waals surface area contributed by atoms with E-state index in [0.29, 0.717) is 42.0 Å². The normalized spacial score (nSPS) is 11.0. The van der Waals surface area contributed by atoms with Crippen LogP contribution in [0.2, 0.25) is 5.02 Å². The minimum atomic E-state index is 0.512. The lowest BCUT2D eigenvalue weighted by Crippen LogP contribution is -2.40. The molecule has 158 valence electrons. The molecule has 0 atom stereocenters. The third-order valence-corrected chi connectivity index (χ3v) is 4.56. The largest absolute Gasteiger partial charge is 0.493 e. The number of guanidine groups is 1. The maximum Gasteiger partial charge on any atom is 0.203 e. The number of hydrogen-bond acceptors (Lipinski definition) is 5. The average Bonchev–Trinajstić information content (AvgIpc) is 2.74. The molecule has 0 aliphatic rings. The van der Waals surface area contributed by atoms with Crippen LogP contribution in [0.15, 0.2) is 41.4 Å². The molecule has 0 radical (unpaired) electrons. The van der Waals surface area contributed by atoms with Crippen LogP contribution in [0.1, 0.15) is 5.56 Å². The highest BCUT2D eigenvalue weighted by molar-refractivity contribution is 6.30. The van der Waals surface area contributed by atoms with Gasteiger partial charge >= 0.3 is 0 Å². The van der Waals surface area contributed by atoms with Gasteiger partial charge in [-0.15, -0.1) is 0 Å². The molecule has 0 bridgehead atoms. The van der Waals surface area contributed by atoms with Crippen LogP contribution in [0.3, 0.4) is 0 Å². The first kappa shape index (κ1) is 22.5. The Morgan fingerprint density at radius 2 is 1.69 bits per heavy atom. The van der Waals surface area contributed by atoms with E-state index >= 15 is 0 Å². The van der Waals surface area contributed by atoms with Crippen molar-refractivity contribution in [3.63, 3.8) is 0 Å². The van der Waals surface area contributed by atoms with E-state index in [1.54, 1.807) is 40.5 Å². The van der Waals surface area contributed by atoms with Gasteiger partial charge in [-0.3, -0.25) is 4.99 Å². The Hall–Kier alpha value is -2.80. The number of methoxy groups -OCH3 is 3. The van der Waals surface area contributed by atoms with Gasteiger partial charge < -0.3 is 29.2 Å². The zero-order chi connectivity index (χ0) is 21.2. The summed E-state index contributed by atoms with van der Waals surface area (Å²) in [6.07, 6.45) is 0. The van der Waals surface area contributed by atoms with Crippen LogP contribution >= 0.6 is 11.6 Å². The summed E-state index contributed by atoms with van der Waals surface area (Å²) in [7, 11) is 8.48. The second-order valence-corrected chi connectivity index (χ2v) is 6.55. The molecule has 0 spiro atoms. The quantitative estimate of drug-likeness (QED) is 0.494. The van der Waals surface area contributed by atoms with Gasteiger partial charge in [-0.25, -0.2) is 0 Å². The predicted molar refractivity (Wildman–Crippen MR) is 116 cm³/mol. The molecule has 0 saturated carbocycles. The van der Waals surface area contributed by atoms with Gasteiger partial charge in [0.05, 0.1) is 27.9 Å². The van der Waals surface area contributed by atoms with Gasteiger partial charge in [-0.1, -0.05) is 11.6 Å². The zero-order valence-corrected chi connectivity index (χ0v) is 18.2. The SMILES string of the molecule is CN=C(NCc1ccc(OC)c(OC)c1OC)N(C)CCOc1ccc(Cl)cc1. The standard InChI is InChI=1S/C21H28ClN3O4/c1-23-21(25(2)12-13-29-17-9-7-16(22)8-10-17)24-14-15-6-11-18(26-3)20(28-5)19(15)27-4/h6-11H,12-14H2,1-5H3,(H,23,24). The van der Waals surface area contributed by atoms with Crippen LogP contribution < -0.4 is 24.3 Å². The molecule has 0 heterocycles. The summed E-state index contributed by atoms with van der Waals surface area (Å²) in [5.41, 5.74) is 0.928. The van der Waals surface area contributed by atoms with Gasteiger partial charge in [0, 0.05) is 31.2 Å². The van der Waals surface area contributed by atoms with Gasteiger partial charge in [-0.2, -0.15) is 0 Å². The maximum atomic E-state index is 5.89. The van der Waals surface area contributed by atoms with Crippen molar-refractivity contribution in [3.8, 4) is 23.0 Å². The van der Waals surface area contributed by atoms with E-state index in [2.05, 4.69) is 10.3 Å². The molecule has 0 unspecified atom stereocenters. The molecule has 2 aromatic rings. The van der Waals surface area contributed by atoms with Gasteiger partial charge in [0.25, 0.3) is 0 Å². The predicted octanol–water partition coefficient (Wildman–Crippen LogP) is 3.45. The first-order valence-corrected chi connectivity index (χ1v) is 9.49. The molecule has 8 heteroatoms. The van der Waals surface area contributed by atoms with Crippen LogP contribution in [0.4, 0.5) is 0 Å². The van der Waals surface area contributed by atoms with Crippen molar-refractivity contribution < 1.29 is 18.9 Å². The topological polar surface area (TPSA) is 64.6 Å². The van der Waals surface area contributed by atoms with E-state index < -0.39 is 0 Å². The molecule has 29 heavy (non-hydrogen) atoms. The van der Waals surface area contributed by atoms with Crippen molar-refractivity contribution >= 4 is 17.6 Å². The molecule has 0 amide bonds. The first-order chi connectivity index (χ1) is 14.0. The van der Waals surface area contributed by atoms with Crippen molar-refractivity contribution in [3.05, 3.63) is 47.0 Å². The number of aliphatic imine (C=N–C) groups is 1. The van der Waals surface area contributed by atoms with Crippen LogP contribution in [0.5, 0.6) is 23.0 Å². The number of hydrogen-bond donors (Lipinski definition) is 1. The molecule has 0 saturated heterocycles. The second-order valence-electron chi connectivity index (χ2n) is 6.12. The van der Waals surface area contributed by atoms with Crippen LogP contribution in [-0.2, 0) is 6.54 Å². The molecule has 0 aliphatic carbocycles. The highest BCUT2D eigenvalue weighted by Gasteiger charge is 2.16.